The van der Waals surface area contributed by atoms with Crippen LogP contribution < -0.4 is 21.3 Å². The molecule has 4 N–H and O–H groups in total. The fourth-order valence-electron chi connectivity index (χ4n) is 6.65. The minimum absolute atomic E-state index is 0.0252. The van der Waals surface area contributed by atoms with E-state index < -0.39 is 69.1 Å². The molecule has 49 heavy (non-hydrogen) atoms. The van der Waals surface area contributed by atoms with Crippen molar-refractivity contribution in [2.75, 3.05) is 26.7 Å². The van der Waals surface area contributed by atoms with Gasteiger partial charge in [-0.05, 0) is 52.9 Å². The van der Waals surface area contributed by atoms with Crippen molar-refractivity contribution in [3.63, 3.8) is 0 Å². The molecule has 1 saturated heterocycles. The Hall–Kier alpha value is -3.04. The third-order valence-corrected chi connectivity index (χ3v) is 13.4. The van der Waals surface area contributed by atoms with Crippen molar-refractivity contribution in [3.8, 4) is 0 Å². The van der Waals surface area contributed by atoms with Gasteiger partial charge >= 0.3 is 6.03 Å². The van der Waals surface area contributed by atoms with Gasteiger partial charge in [-0.1, -0.05) is 74.8 Å². The predicted molar refractivity (Wildman–Crippen MR) is 189 cm³/mol. The summed E-state index contributed by atoms with van der Waals surface area (Å²) in [5, 5.41) is 12.8. The first-order chi connectivity index (χ1) is 22.7. The number of nitrogens with one attached hydrogen (secondary N) is 4. The normalized spacial score (nSPS) is 22.3. The Morgan fingerprint density at radius 3 is 2.24 bits per heavy atom. The number of carbonyl (C=O) groups is 5. The van der Waals surface area contributed by atoms with Gasteiger partial charge in [-0.15, -0.1) is 11.3 Å². The van der Waals surface area contributed by atoms with Crippen molar-refractivity contribution in [2.45, 2.75) is 110 Å². The zero-order valence-corrected chi connectivity index (χ0v) is 32.2. The van der Waals surface area contributed by atoms with Gasteiger partial charge in [0.05, 0.1) is 6.04 Å². The molecule has 0 bridgehead atoms. The minimum atomic E-state index is -3.75. The van der Waals surface area contributed by atoms with Gasteiger partial charge in [-0.3, -0.25) is 19.2 Å². The van der Waals surface area contributed by atoms with Gasteiger partial charge in [-0.25, -0.2) is 13.2 Å². The molecule has 3 rings (SSSR count). The third-order valence-electron chi connectivity index (χ3n) is 10.2. The lowest BCUT2D eigenvalue weighted by atomic mass is 9.85. The summed E-state index contributed by atoms with van der Waals surface area (Å²) in [5.74, 6) is -2.60. The smallest absolute Gasteiger partial charge is 0.315 e. The molecule has 0 spiro atoms. The molecule has 7 atom stereocenters. The molecule has 1 aromatic rings. The third kappa shape index (κ3) is 9.01. The number of amides is 5. The Morgan fingerprint density at radius 1 is 1.06 bits per heavy atom. The number of piperidine rings is 1. The second-order valence-corrected chi connectivity index (χ2v) is 18.3. The lowest BCUT2D eigenvalue weighted by Gasteiger charge is -2.38. The number of urea groups is 1. The largest absolute Gasteiger partial charge is 0.349 e. The molecule has 276 valence electrons. The molecule has 1 aliphatic carbocycles. The van der Waals surface area contributed by atoms with Crippen molar-refractivity contribution < 1.29 is 32.4 Å². The van der Waals surface area contributed by atoms with Crippen molar-refractivity contribution in [1.82, 2.24) is 30.5 Å². The fraction of sp³-hybridized carbons (Fsp3) is 0.735. The maximum absolute atomic E-state index is 14.3. The van der Waals surface area contributed by atoms with E-state index in [1.54, 1.807) is 18.4 Å². The van der Waals surface area contributed by atoms with Crippen LogP contribution in [0, 0.1) is 28.6 Å². The summed E-state index contributed by atoms with van der Waals surface area (Å²) in [6.07, 6.45) is 1.53. The molecule has 2 aliphatic rings. The predicted octanol–water partition coefficient (Wildman–Crippen LogP) is 2.97. The van der Waals surface area contributed by atoms with Gasteiger partial charge in [0.2, 0.25) is 17.6 Å². The second-order valence-electron chi connectivity index (χ2n) is 15.1. The zero-order valence-electron chi connectivity index (χ0n) is 30.6. The number of carbonyl (C=O) groups excluding carboxylic acids is 5. The second kappa shape index (κ2) is 15.9. The maximum atomic E-state index is 14.3. The Bertz CT molecular complexity index is 1470. The van der Waals surface area contributed by atoms with Gasteiger partial charge in [0.25, 0.3) is 15.9 Å². The number of fused-ring (bicyclic) bond motifs is 1. The van der Waals surface area contributed by atoms with E-state index in [9.17, 15) is 32.4 Å². The summed E-state index contributed by atoms with van der Waals surface area (Å²) in [6, 6.07) is -0.929. The molecule has 1 saturated carbocycles. The molecule has 0 radical (unpaired) electrons. The van der Waals surface area contributed by atoms with Crippen LogP contribution in [0.5, 0.6) is 0 Å². The molecule has 5 amide bonds. The summed E-state index contributed by atoms with van der Waals surface area (Å²) < 4.78 is 27.7. The van der Waals surface area contributed by atoms with Crippen LogP contribution in [-0.2, 0) is 29.2 Å². The first kappa shape index (κ1) is 40.4. The monoisotopic (exact) mass is 724 g/mol. The van der Waals surface area contributed by atoms with Crippen LogP contribution >= 0.6 is 11.3 Å². The maximum Gasteiger partial charge on any atom is 0.315 e. The van der Waals surface area contributed by atoms with E-state index in [2.05, 4.69) is 21.3 Å². The highest BCUT2D eigenvalue weighted by molar-refractivity contribution is 7.91. The lowest BCUT2D eigenvalue weighted by Crippen LogP contribution is -2.62. The first-order valence-corrected chi connectivity index (χ1v) is 19.6. The topological polar surface area (TPSA) is 174 Å². The number of rotatable bonds is 16. The van der Waals surface area contributed by atoms with Gasteiger partial charge in [0, 0.05) is 32.7 Å². The number of hydrogen-bond acceptors (Lipinski definition) is 8. The van der Waals surface area contributed by atoms with Gasteiger partial charge in [0.15, 0.2) is 0 Å². The number of sulfonamides is 1. The van der Waals surface area contributed by atoms with Crippen LogP contribution in [0.2, 0.25) is 0 Å². The van der Waals surface area contributed by atoms with E-state index in [0.717, 1.165) is 11.3 Å². The van der Waals surface area contributed by atoms with Crippen LogP contribution in [-0.4, -0.2) is 98.0 Å². The molecule has 2 fully saturated rings. The average Bonchev–Trinajstić information content (AvgIpc) is 3.50. The molecule has 1 aliphatic heterocycles. The average molecular weight is 725 g/mol. The molecule has 1 unspecified atom stereocenters. The van der Waals surface area contributed by atoms with Crippen molar-refractivity contribution in [2.24, 2.45) is 28.6 Å². The minimum Gasteiger partial charge on any atom is -0.349 e. The standard InChI is InChI=1S/C34H56N6O7S2/c1-11-16-35-30(43)27(41)22(13-3)36-29(42)26-25-21(34(25,8)9)18-40(26)31(44)28(33(5,6)7)38-32(45)37-23(20(4)12-2)19-39(10)49(46,47)24-15-14-17-48-24/h14-15,17,20-23,25-26,28H,11-13,16,18-19H2,1-10H3,(H,35,43)(H,36,42)(H2,37,38,45)/t20-,21-,22?,23+,25-,26-,28+/m0/s1. The van der Waals surface area contributed by atoms with E-state index in [0.29, 0.717) is 25.9 Å². The highest BCUT2D eigenvalue weighted by Crippen LogP contribution is 2.65. The number of Topliss-reactive ketones (excluding diaryl/α,β-unsaturated/α-hetero) is 1. The van der Waals surface area contributed by atoms with Crippen molar-refractivity contribution in [1.29, 1.82) is 0 Å². The summed E-state index contributed by atoms with van der Waals surface area (Å²) in [6.45, 7) is 17.7. The highest BCUT2D eigenvalue weighted by atomic mass is 32.2. The Balaban J connectivity index is 1.80. The van der Waals surface area contributed by atoms with Gasteiger partial charge in [0.1, 0.15) is 16.3 Å². The van der Waals surface area contributed by atoms with E-state index in [1.807, 2.05) is 55.4 Å². The Labute approximate surface area is 295 Å². The number of likely N-dealkylation sites (tertiary alicyclic amines) is 1. The SMILES string of the molecule is CCCNC(=O)C(=O)C(CC)NC(=O)[C@@H]1[C@@H]2[C@H](CN1C(=O)[C@@H](NC(=O)N[C@H](CN(C)S(=O)(=O)c1cccs1)[C@@H](C)CC)C(C)(C)C)C2(C)C. The Kier molecular flexibility index (Phi) is 13.1. The van der Waals surface area contributed by atoms with E-state index >= 15 is 0 Å². The molecular weight excluding hydrogens is 669 g/mol. The molecule has 13 nitrogen and oxygen atoms in total. The fourth-order valence-corrected chi connectivity index (χ4v) is 9.05. The number of ketones is 1. The Morgan fingerprint density at radius 2 is 1.71 bits per heavy atom. The molecule has 0 aromatic carbocycles. The van der Waals surface area contributed by atoms with Crippen LogP contribution in [0.4, 0.5) is 4.79 Å². The summed E-state index contributed by atoms with van der Waals surface area (Å²) in [4.78, 5) is 68.6. The number of thiophene rings is 1. The van der Waals surface area contributed by atoms with E-state index in [4.69, 9.17) is 0 Å². The molecular formula is C34H56N6O7S2. The van der Waals surface area contributed by atoms with Crippen LogP contribution in [0.15, 0.2) is 21.7 Å². The number of nitrogens with zero attached hydrogens (tertiary/aromatic N) is 2. The summed E-state index contributed by atoms with van der Waals surface area (Å²) in [5.41, 5.74) is -0.966. The quantitative estimate of drug-likeness (QED) is 0.190. The van der Waals surface area contributed by atoms with Gasteiger partial charge in [-0.2, -0.15) is 4.31 Å². The highest BCUT2D eigenvalue weighted by Gasteiger charge is 2.70. The summed E-state index contributed by atoms with van der Waals surface area (Å²) in [7, 11) is -2.27. The van der Waals surface area contributed by atoms with Crippen molar-refractivity contribution in [3.05, 3.63) is 17.5 Å². The van der Waals surface area contributed by atoms with Crippen molar-refractivity contribution >= 4 is 50.9 Å². The lowest BCUT2D eigenvalue weighted by molar-refractivity contribution is -0.145. The van der Waals surface area contributed by atoms with Crippen LogP contribution in [0.3, 0.4) is 0 Å². The molecule has 15 heteroatoms. The zero-order chi connectivity index (χ0) is 37.1. The molecule has 1 aromatic heterocycles. The van der Waals surface area contributed by atoms with Crippen LogP contribution in [0.1, 0.15) is 81.6 Å². The molecule has 2 heterocycles. The first-order valence-electron chi connectivity index (χ1n) is 17.2. The van der Waals surface area contributed by atoms with E-state index in [1.165, 1.54) is 22.3 Å². The number of hydrogen-bond donors (Lipinski definition) is 4. The van der Waals surface area contributed by atoms with Crippen LogP contribution in [0.25, 0.3) is 0 Å². The number of likely N-dealkylation sites (N-methyl/N-ethyl adjacent to an activating group) is 1. The summed E-state index contributed by atoms with van der Waals surface area (Å²) >= 11 is 1.12. The van der Waals surface area contributed by atoms with E-state index in [-0.39, 0.29) is 40.3 Å². The van der Waals surface area contributed by atoms with Gasteiger partial charge < -0.3 is 26.2 Å².